The summed E-state index contributed by atoms with van der Waals surface area (Å²) in [6, 6.07) is 14.7. The molecule has 1 aliphatic carbocycles. The van der Waals surface area contributed by atoms with Gasteiger partial charge in [0.05, 0.1) is 11.9 Å². The van der Waals surface area contributed by atoms with Crippen LogP contribution < -0.4 is 16.2 Å². The monoisotopic (exact) mass is 361 g/mol. The van der Waals surface area contributed by atoms with Crippen molar-refractivity contribution >= 4 is 22.6 Å². The van der Waals surface area contributed by atoms with E-state index >= 15 is 0 Å². The number of benzene rings is 1. The molecule has 0 bridgehead atoms. The summed E-state index contributed by atoms with van der Waals surface area (Å²) in [5.41, 5.74) is 10.2. The van der Waals surface area contributed by atoms with Crippen LogP contribution >= 0.6 is 0 Å². The van der Waals surface area contributed by atoms with Crippen LogP contribution in [0.4, 0.5) is 5.69 Å². The van der Waals surface area contributed by atoms with Gasteiger partial charge >= 0.3 is 0 Å². The molecule has 1 saturated carbocycles. The number of amides is 1. The molecule has 5 rings (SSSR count). The fraction of sp³-hybridized carbons (Fsp3) is 0.333. The Hall–Kier alpha value is -2.70. The van der Waals surface area contributed by atoms with Gasteiger partial charge in [-0.05, 0) is 30.5 Å². The lowest BCUT2D eigenvalue weighted by molar-refractivity contribution is -0.122. The lowest BCUT2D eigenvalue weighted by atomic mass is 9.76. The second-order valence-electron chi connectivity index (χ2n) is 7.53. The van der Waals surface area contributed by atoms with Gasteiger partial charge in [0.25, 0.3) is 0 Å². The standard InChI is InChI=1S/C21H23N5O/c27-21(16-7-4-8-18-17(16)12-23-26-18)24-15-9-14-10-19(25-20(14)22-11-15)13-5-2-1-3-6-13/h1-3,5-6,9-11,16-18,23,26H,4,7-8,12H2,(H,22,25)(H,24,27). The Bertz CT molecular complexity index is 967. The van der Waals surface area contributed by atoms with E-state index in [0.29, 0.717) is 12.0 Å². The van der Waals surface area contributed by atoms with Gasteiger partial charge in [-0.2, -0.15) is 0 Å². The number of aromatic nitrogens is 2. The molecule has 1 amide bonds. The van der Waals surface area contributed by atoms with Gasteiger partial charge in [-0.3, -0.25) is 15.6 Å². The predicted molar refractivity (Wildman–Crippen MR) is 106 cm³/mol. The zero-order chi connectivity index (χ0) is 18.2. The van der Waals surface area contributed by atoms with Crippen LogP contribution in [0.25, 0.3) is 22.3 Å². The molecule has 2 aromatic heterocycles. The van der Waals surface area contributed by atoms with Gasteiger partial charge in [0.1, 0.15) is 5.65 Å². The van der Waals surface area contributed by atoms with Gasteiger partial charge in [-0.1, -0.05) is 36.8 Å². The Morgan fingerprint density at radius 3 is 2.93 bits per heavy atom. The number of nitrogens with zero attached hydrogens (tertiary/aromatic N) is 1. The van der Waals surface area contributed by atoms with E-state index in [9.17, 15) is 4.79 Å². The van der Waals surface area contributed by atoms with Crippen LogP contribution in [-0.2, 0) is 4.79 Å². The highest BCUT2D eigenvalue weighted by atomic mass is 16.1. The van der Waals surface area contributed by atoms with Crippen molar-refractivity contribution in [1.29, 1.82) is 0 Å². The second-order valence-corrected chi connectivity index (χ2v) is 7.53. The number of pyridine rings is 1. The summed E-state index contributed by atoms with van der Waals surface area (Å²) in [5.74, 6) is 0.524. The molecule has 1 saturated heterocycles. The third kappa shape index (κ3) is 3.11. The highest BCUT2D eigenvalue weighted by Gasteiger charge is 2.40. The fourth-order valence-electron chi connectivity index (χ4n) is 4.46. The third-order valence-electron chi connectivity index (χ3n) is 5.85. The molecule has 4 N–H and O–H groups in total. The van der Waals surface area contributed by atoms with Crippen LogP contribution in [0.15, 0.2) is 48.7 Å². The maximum Gasteiger partial charge on any atom is 0.227 e. The number of H-pyrrole nitrogens is 1. The number of carbonyl (C=O) groups is 1. The number of nitrogens with one attached hydrogen (secondary N) is 4. The topological polar surface area (TPSA) is 81.8 Å². The molecule has 3 atom stereocenters. The third-order valence-corrected chi connectivity index (χ3v) is 5.85. The lowest BCUT2D eigenvalue weighted by Crippen LogP contribution is -2.41. The molecule has 0 spiro atoms. The Morgan fingerprint density at radius 1 is 1.15 bits per heavy atom. The molecule has 1 aromatic carbocycles. The minimum atomic E-state index is 0.0491. The highest BCUT2D eigenvalue weighted by molar-refractivity contribution is 5.95. The molecular weight excluding hydrogens is 338 g/mol. The van der Waals surface area contributed by atoms with Crippen LogP contribution in [0.3, 0.4) is 0 Å². The smallest absolute Gasteiger partial charge is 0.227 e. The van der Waals surface area contributed by atoms with Crippen molar-refractivity contribution in [3.8, 4) is 11.3 Å². The largest absolute Gasteiger partial charge is 0.339 e. The average Bonchev–Trinajstić information content (AvgIpc) is 3.34. The summed E-state index contributed by atoms with van der Waals surface area (Å²) in [6.07, 6.45) is 4.91. The number of hydrazine groups is 1. The molecule has 3 heterocycles. The van der Waals surface area contributed by atoms with Gasteiger partial charge in [0.2, 0.25) is 5.91 Å². The summed E-state index contributed by atoms with van der Waals surface area (Å²) in [4.78, 5) is 20.7. The zero-order valence-electron chi connectivity index (χ0n) is 15.0. The van der Waals surface area contributed by atoms with Crippen molar-refractivity contribution in [3.05, 3.63) is 48.7 Å². The van der Waals surface area contributed by atoms with Crippen LogP contribution in [0.5, 0.6) is 0 Å². The SMILES string of the molecule is O=C(Nc1cnc2[nH]c(-c3ccccc3)cc2c1)C1CCCC2NNCC21. The van der Waals surface area contributed by atoms with Crippen molar-refractivity contribution in [2.45, 2.75) is 25.3 Å². The van der Waals surface area contributed by atoms with E-state index in [2.05, 4.69) is 44.3 Å². The zero-order valence-corrected chi connectivity index (χ0v) is 15.0. The minimum Gasteiger partial charge on any atom is -0.339 e. The predicted octanol–water partition coefficient (Wildman–Crippen LogP) is 3.06. The number of rotatable bonds is 3. The molecular formula is C21H23N5O. The quantitative estimate of drug-likeness (QED) is 0.578. The first-order valence-electron chi connectivity index (χ1n) is 9.61. The van der Waals surface area contributed by atoms with Crippen LogP contribution in [0, 0.1) is 11.8 Å². The van der Waals surface area contributed by atoms with E-state index in [0.717, 1.165) is 53.8 Å². The Labute approximate surface area is 157 Å². The summed E-state index contributed by atoms with van der Waals surface area (Å²) < 4.78 is 0. The van der Waals surface area contributed by atoms with Gasteiger partial charge in [0, 0.05) is 35.5 Å². The number of hydrogen-bond donors (Lipinski definition) is 4. The molecule has 138 valence electrons. The Morgan fingerprint density at radius 2 is 2.04 bits per heavy atom. The number of anilines is 1. The first-order valence-corrected chi connectivity index (χ1v) is 9.61. The number of aromatic amines is 1. The van der Waals surface area contributed by atoms with Gasteiger partial charge in [-0.25, -0.2) is 4.98 Å². The van der Waals surface area contributed by atoms with Crippen LogP contribution in [0.1, 0.15) is 19.3 Å². The molecule has 1 aliphatic heterocycles. The van der Waals surface area contributed by atoms with E-state index in [1.807, 2.05) is 24.3 Å². The lowest BCUT2D eigenvalue weighted by Gasteiger charge is -2.31. The summed E-state index contributed by atoms with van der Waals surface area (Å²) >= 11 is 0. The van der Waals surface area contributed by atoms with Crippen LogP contribution in [0.2, 0.25) is 0 Å². The van der Waals surface area contributed by atoms with E-state index in [4.69, 9.17) is 0 Å². The average molecular weight is 361 g/mol. The van der Waals surface area contributed by atoms with Gasteiger partial charge in [-0.15, -0.1) is 0 Å². The number of fused-ring (bicyclic) bond motifs is 2. The first kappa shape index (κ1) is 16.5. The molecule has 2 aliphatic rings. The molecule has 0 radical (unpaired) electrons. The minimum absolute atomic E-state index is 0.0491. The maximum atomic E-state index is 12.9. The van der Waals surface area contributed by atoms with E-state index in [-0.39, 0.29) is 11.8 Å². The van der Waals surface area contributed by atoms with Crippen molar-refractivity contribution in [1.82, 2.24) is 20.8 Å². The Kier molecular flexibility index (Phi) is 4.14. The molecule has 6 heteroatoms. The summed E-state index contributed by atoms with van der Waals surface area (Å²) in [5, 5.41) is 4.09. The van der Waals surface area contributed by atoms with E-state index in [1.165, 1.54) is 0 Å². The fourth-order valence-corrected chi connectivity index (χ4v) is 4.46. The van der Waals surface area contributed by atoms with E-state index in [1.54, 1.807) is 6.20 Å². The molecule has 2 fully saturated rings. The first-order chi connectivity index (χ1) is 13.3. The number of carbonyl (C=O) groups excluding carboxylic acids is 1. The van der Waals surface area contributed by atoms with Crippen molar-refractivity contribution in [3.63, 3.8) is 0 Å². The van der Waals surface area contributed by atoms with Crippen molar-refractivity contribution in [2.75, 3.05) is 11.9 Å². The number of hydrogen-bond acceptors (Lipinski definition) is 4. The van der Waals surface area contributed by atoms with Gasteiger partial charge in [0.15, 0.2) is 0 Å². The van der Waals surface area contributed by atoms with Crippen molar-refractivity contribution in [2.24, 2.45) is 11.8 Å². The molecule has 27 heavy (non-hydrogen) atoms. The second kappa shape index (κ2) is 6.79. The molecule has 6 nitrogen and oxygen atoms in total. The highest BCUT2D eigenvalue weighted by Crippen LogP contribution is 2.33. The maximum absolute atomic E-state index is 12.9. The Balaban J connectivity index is 1.36. The molecule has 3 aromatic rings. The summed E-state index contributed by atoms with van der Waals surface area (Å²) in [6.45, 7) is 0.859. The van der Waals surface area contributed by atoms with Crippen LogP contribution in [-0.4, -0.2) is 28.5 Å². The van der Waals surface area contributed by atoms with Gasteiger partial charge < -0.3 is 10.3 Å². The normalized spacial score (nSPS) is 24.7. The van der Waals surface area contributed by atoms with E-state index < -0.39 is 0 Å². The summed E-state index contributed by atoms with van der Waals surface area (Å²) in [7, 11) is 0. The molecule has 3 unspecified atom stereocenters. The van der Waals surface area contributed by atoms with Crippen molar-refractivity contribution < 1.29 is 4.79 Å².